The minimum absolute atomic E-state index is 0.0197. The molecule has 0 amide bonds. The molecule has 2 aromatic rings. The van der Waals surface area contributed by atoms with Crippen molar-refractivity contribution >= 4 is 11.5 Å². The number of aromatic nitrogens is 4. The van der Waals surface area contributed by atoms with Crippen LogP contribution in [0.25, 0.3) is 0 Å². The average molecular weight is 274 g/mol. The summed E-state index contributed by atoms with van der Waals surface area (Å²) in [5.41, 5.74) is 0.0197. The van der Waals surface area contributed by atoms with Crippen molar-refractivity contribution in [3.63, 3.8) is 0 Å². The number of nitro groups is 1. The van der Waals surface area contributed by atoms with Crippen LogP contribution in [0.15, 0.2) is 31.0 Å². The second kappa shape index (κ2) is 5.24. The van der Waals surface area contributed by atoms with Crippen molar-refractivity contribution in [3.8, 4) is 0 Å². The molecule has 3 rings (SSSR count). The van der Waals surface area contributed by atoms with E-state index in [9.17, 15) is 10.1 Å². The lowest BCUT2D eigenvalue weighted by atomic mass is 10.1. The van der Waals surface area contributed by atoms with Gasteiger partial charge in [-0.1, -0.05) is 0 Å². The molecule has 0 spiro atoms. The quantitative estimate of drug-likeness (QED) is 0.621. The summed E-state index contributed by atoms with van der Waals surface area (Å²) in [5, 5.41) is 14.8. The predicted octanol–water partition coefficient (Wildman–Crippen LogP) is 1.42. The van der Waals surface area contributed by atoms with Crippen LogP contribution < -0.4 is 4.90 Å². The Balaban J connectivity index is 1.64. The van der Waals surface area contributed by atoms with Crippen molar-refractivity contribution in [3.05, 3.63) is 41.1 Å². The highest BCUT2D eigenvalue weighted by Gasteiger charge is 2.22. The van der Waals surface area contributed by atoms with Crippen molar-refractivity contribution < 1.29 is 4.92 Å². The maximum Gasteiger partial charge on any atom is 0.287 e. The van der Waals surface area contributed by atoms with E-state index in [2.05, 4.69) is 20.0 Å². The normalized spacial score (nSPS) is 16.3. The number of nitrogens with zero attached hydrogens (tertiary/aromatic N) is 6. The molecule has 1 aliphatic rings. The van der Waals surface area contributed by atoms with Crippen LogP contribution in [-0.4, -0.2) is 37.8 Å². The molecule has 8 heteroatoms. The Hall–Kier alpha value is -2.51. The minimum Gasteiger partial charge on any atom is -0.356 e. The molecule has 2 aromatic heterocycles. The van der Waals surface area contributed by atoms with Gasteiger partial charge in [0.15, 0.2) is 0 Å². The summed E-state index contributed by atoms with van der Waals surface area (Å²) in [6, 6.07) is 3.56. The van der Waals surface area contributed by atoms with Gasteiger partial charge in [0.05, 0.1) is 11.0 Å². The fourth-order valence-corrected chi connectivity index (χ4v) is 2.44. The highest BCUT2D eigenvalue weighted by atomic mass is 16.6. The van der Waals surface area contributed by atoms with E-state index in [-0.39, 0.29) is 5.69 Å². The SMILES string of the molecule is O=[N+]([O-])c1ccc(N2CCC(n3cncn3)CC2)nc1. The minimum atomic E-state index is -0.437. The van der Waals surface area contributed by atoms with Crippen LogP contribution in [0.4, 0.5) is 11.5 Å². The molecule has 0 saturated carbocycles. The van der Waals surface area contributed by atoms with Gasteiger partial charge < -0.3 is 4.90 Å². The molecule has 3 heterocycles. The van der Waals surface area contributed by atoms with Crippen molar-refractivity contribution in [1.29, 1.82) is 0 Å². The van der Waals surface area contributed by atoms with E-state index in [0.29, 0.717) is 6.04 Å². The molecule has 1 aliphatic heterocycles. The standard InChI is InChI=1S/C12H14N6O2/c19-18(20)11-1-2-12(14-7-11)16-5-3-10(4-6-16)17-9-13-8-15-17/h1-2,7-10H,3-6H2. The van der Waals surface area contributed by atoms with Crippen LogP contribution in [-0.2, 0) is 0 Å². The Morgan fingerprint density at radius 1 is 1.30 bits per heavy atom. The van der Waals surface area contributed by atoms with Gasteiger partial charge in [-0.15, -0.1) is 0 Å². The first-order chi connectivity index (χ1) is 9.74. The second-order valence-corrected chi connectivity index (χ2v) is 4.73. The first-order valence-corrected chi connectivity index (χ1v) is 6.43. The highest BCUT2D eigenvalue weighted by Crippen LogP contribution is 2.25. The lowest BCUT2D eigenvalue weighted by molar-refractivity contribution is -0.385. The van der Waals surface area contributed by atoms with E-state index in [1.165, 1.54) is 12.3 Å². The molecule has 20 heavy (non-hydrogen) atoms. The summed E-state index contributed by atoms with van der Waals surface area (Å²) in [6.07, 6.45) is 6.51. The van der Waals surface area contributed by atoms with Crippen LogP contribution >= 0.6 is 0 Å². The maximum absolute atomic E-state index is 10.6. The topological polar surface area (TPSA) is 90.0 Å². The number of hydrogen-bond acceptors (Lipinski definition) is 6. The molecule has 1 saturated heterocycles. The number of anilines is 1. The fraction of sp³-hybridized carbons (Fsp3) is 0.417. The number of pyridine rings is 1. The monoisotopic (exact) mass is 274 g/mol. The molecule has 0 N–H and O–H groups in total. The van der Waals surface area contributed by atoms with E-state index >= 15 is 0 Å². The third kappa shape index (κ3) is 2.44. The third-order valence-corrected chi connectivity index (χ3v) is 3.54. The zero-order valence-corrected chi connectivity index (χ0v) is 10.8. The van der Waals surface area contributed by atoms with Gasteiger partial charge in [0.1, 0.15) is 24.7 Å². The van der Waals surface area contributed by atoms with E-state index in [0.717, 1.165) is 31.7 Å². The molecule has 0 atom stereocenters. The number of piperidine rings is 1. The zero-order valence-electron chi connectivity index (χ0n) is 10.8. The summed E-state index contributed by atoms with van der Waals surface area (Å²) >= 11 is 0. The molecule has 1 fully saturated rings. The molecule has 8 nitrogen and oxygen atoms in total. The average Bonchev–Trinajstić information content (AvgIpc) is 3.02. The van der Waals surface area contributed by atoms with E-state index < -0.39 is 4.92 Å². The lowest BCUT2D eigenvalue weighted by Crippen LogP contribution is -2.35. The summed E-state index contributed by atoms with van der Waals surface area (Å²) in [7, 11) is 0. The van der Waals surface area contributed by atoms with Gasteiger partial charge in [-0.25, -0.2) is 14.6 Å². The van der Waals surface area contributed by atoms with E-state index in [1.807, 2.05) is 4.68 Å². The van der Waals surface area contributed by atoms with E-state index in [1.54, 1.807) is 18.7 Å². The van der Waals surface area contributed by atoms with Crippen molar-refractivity contribution in [1.82, 2.24) is 19.7 Å². The van der Waals surface area contributed by atoms with Crippen LogP contribution in [0.5, 0.6) is 0 Å². The lowest BCUT2D eigenvalue weighted by Gasteiger charge is -2.32. The maximum atomic E-state index is 10.6. The van der Waals surface area contributed by atoms with Gasteiger partial charge >= 0.3 is 0 Å². The second-order valence-electron chi connectivity index (χ2n) is 4.73. The molecular formula is C12H14N6O2. The molecule has 0 unspecified atom stereocenters. The number of rotatable bonds is 3. The summed E-state index contributed by atoms with van der Waals surface area (Å²) in [4.78, 5) is 20.4. The first kappa shape index (κ1) is 12.5. The Labute approximate surface area is 115 Å². The van der Waals surface area contributed by atoms with Crippen LogP contribution in [0, 0.1) is 10.1 Å². The number of hydrogen-bond donors (Lipinski definition) is 0. The van der Waals surface area contributed by atoms with Crippen LogP contribution in [0.3, 0.4) is 0 Å². The van der Waals surface area contributed by atoms with Gasteiger partial charge in [-0.05, 0) is 18.9 Å². The molecule has 0 aliphatic carbocycles. The largest absolute Gasteiger partial charge is 0.356 e. The van der Waals surface area contributed by atoms with Gasteiger partial charge in [-0.3, -0.25) is 10.1 Å². The Bertz CT molecular complexity index is 575. The van der Waals surface area contributed by atoms with E-state index in [4.69, 9.17) is 0 Å². The Morgan fingerprint density at radius 2 is 2.10 bits per heavy atom. The first-order valence-electron chi connectivity index (χ1n) is 6.43. The molecule has 0 radical (unpaired) electrons. The summed E-state index contributed by atoms with van der Waals surface area (Å²) in [5.74, 6) is 0.785. The van der Waals surface area contributed by atoms with Crippen molar-refractivity contribution in [2.24, 2.45) is 0 Å². The Kier molecular flexibility index (Phi) is 3.28. The summed E-state index contributed by atoms with van der Waals surface area (Å²) < 4.78 is 1.89. The van der Waals surface area contributed by atoms with Gasteiger partial charge in [0.2, 0.25) is 0 Å². The van der Waals surface area contributed by atoms with Crippen molar-refractivity contribution in [2.45, 2.75) is 18.9 Å². The predicted molar refractivity (Wildman–Crippen MR) is 71.4 cm³/mol. The third-order valence-electron chi connectivity index (χ3n) is 3.54. The van der Waals surface area contributed by atoms with Gasteiger partial charge in [0.25, 0.3) is 5.69 Å². The fourth-order valence-electron chi connectivity index (χ4n) is 2.44. The molecule has 0 bridgehead atoms. The zero-order chi connectivity index (χ0) is 13.9. The van der Waals surface area contributed by atoms with Crippen LogP contribution in [0.1, 0.15) is 18.9 Å². The van der Waals surface area contributed by atoms with Crippen molar-refractivity contribution in [2.75, 3.05) is 18.0 Å². The van der Waals surface area contributed by atoms with Gasteiger partial charge in [-0.2, -0.15) is 5.10 Å². The Morgan fingerprint density at radius 3 is 2.65 bits per heavy atom. The molecular weight excluding hydrogens is 260 g/mol. The van der Waals surface area contributed by atoms with Gasteiger partial charge in [0, 0.05) is 19.2 Å². The molecule has 0 aromatic carbocycles. The van der Waals surface area contributed by atoms with Crippen LogP contribution in [0.2, 0.25) is 0 Å². The smallest absolute Gasteiger partial charge is 0.287 e. The highest BCUT2D eigenvalue weighted by molar-refractivity contribution is 5.43. The summed E-state index contributed by atoms with van der Waals surface area (Å²) in [6.45, 7) is 1.71. The molecule has 104 valence electrons.